The minimum Gasteiger partial charge on any atom is -0.497 e. The molecule has 2 heterocycles. The average Bonchev–Trinajstić information content (AvgIpc) is 3.08. The molecule has 238 valence electrons. The Morgan fingerprint density at radius 1 is 0.638 bits per heavy atom. The Morgan fingerprint density at radius 3 is 1.60 bits per heavy atom. The number of aromatic amines is 2. The number of benzene rings is 4. The summed E-state index contributed by atoms with van der Waals surface area (Å²) in [6.07, 6.45) is 0. The summed E-state index contributed by atoms with van der Waals surface area (Å²) >= 11 is 15.0. The van der Waals surface area contributed by atoms with Gasteiger partial charge in [-0.1, -0.05) is 23.2 Å². The molecule has 4 N–H and O–H groups in total. The number of hydrogen-bond acceptors (Lipinski definition) is 8. The van der Waals surface area contributed by atoms with E-state index in [9.17, 15) is 9.59 Å². The van der Waals surface area contributed by atoms with Crippen molar-refractivity contribution in [3.05, 3.63) is 138 Å². The van der Waals surface area contributed by atoms with Crippen LogP contribution in [0, 0.1) is 0 Å². The molecule has 6 aromatic rings. The van der Waals surface area contributed by atoms with E-state index in [0.717, 1.165) is 34.0 Å². The average molecular weight is 734 g/mol. The molecule has 0 atom stereocenters. The maximum absolute atomic E-state index is 12.2. The number of methoxy groups -OCH3 is 2. The highest BCUT2D eigenvalue weighted by Crippen LogP contribution is 2.27. The van der Waals surface area contributed by atoms with Gasteiger partial charge >= 0.3 is 0 Å². The monoisotopic (exact) mass is 732 g/mol. The van der Waals surface area contributed by atoms with E-state index in [1.165, 1.54) is 6.07 Å². The van der Waals surface area contributed by atoms with Crippen molar-refractivity contribution in [1.29, 1.82) is 0 Å². The number of hydrogen-bond donors (Lipinski definition) is 4. The third kappa shape index (κ3) is 9.01. The van der Waals surface area contributed by atoms with Crippen LogP contribution in [0.1, 0.15) is 0 Å². The van der Waals surface area contributed by atoms with Crippen LogP contribution in [0.3, 0.4) is 0 Å². The summed E-state index contributed by atoms with van der Waals surface area (Å²) in [7, 11) is 3.21. The summed E-state index contributed by atoms with van der Waals surface area (Å²) in [5.41, 5.74) is 3.79. The fourth-order valence-corrected chi connectivity index (χ4v) is 4.89. The molecular formula is C34H27BrCl2N6O4. The van der Waals surface area contributed by atoms with Crippen LogP contribution >= 0.6 is 39.1 Å². The number of H-pyrrole nitrogens is 2. The van der Waals surface area contributed by atoms with E-state index in [1.807, 2.05) is 60.7 Å². The van der Waals surface area contributed by atoms with Crippen LogP contribution in [0.2, 0.25) is 10.0 Å². The lowest BCUT2D eigenvalue weighted by molar-refractivity contribution is 0.415. The van der Waals surface area contributed by atoms with Crippen LogP contribution in [0.5, 0.6) is 11.5 Å². The van der Waals surface area contributed by atoms with Gasteiger partial charge < -0.3 is 20.1 Å². The quantitative estimate of drug-likeness (QED) is 0.123. The largest absolute Gasteiger partial charge is 0.497 e. The third-order valence-electron chi connectivity index (χ3n) is 6.57. The molecule has 0 spiro atoms. The van der Waals surface area contributed by atoms with Crippen LogP contribution in [-0.4, -0.2) is 34.2 Å². The Balaban J connectivity index is 0.000000185. The lowest BCUT2D eigenvalue weighted by atomic mass is 10.1. The third-order valence-corrected chi connectivity index (χ3v) is 7.81. The van der Waals surface area contributed by atoms with Crippen molar-refractivity contribution in [1.82, 2.24) is 19.9 Å². The minimum atomic E-state index is -0.271. The summed E-state index contributed by atoms with van der Waals surface area (Å²) < 4.78 is 10.6. The number of nitrogens with zero attached hydrogens (tertiary/aromatic N) is 2. The summed E-state index contributed by atoms with van der Waals surface area (Å²) in [6.45, 7) is 0. The topological polar surface area (TPSA) is 134 Å². The van der Waals surface area contributed by atoms with E-state index in [-0.39, 0.29) is 11.1 Å². The van der Waals surface area contributed by atoms with E-state index in [4.69, 9.17) is 32.7 Å². The number of halogens is 3. The Labute approximate surface area is 287 Å². The molecule has 0 radical (unpaired) electrons. The van der Waals surface area contributed by atoms with Crippen LogP contribution in [0.15, 0.2) is 117 Å². The van der Waals surface area contributed by atoms with Gasteiger partial charge in [0, 0.05) is 38.6 Å². The van der Waals surface area contributed by atoms with E-state index in [2.05, 4.69) is 46.5 Å². The molecule has 47 heavy (non-hydrogen) atoms. The maximum Gasteiger partial charge on any atom is 0.267 e. The first-order chi connectivity index (χ1) is 22.7. The zero-order valence-electron chi connectivity index (χ0n) is 25.0. The van der Waals surface area contributed by atoms with Crippen molar-refractivity contribution in [2.75, 3.05) is 24.9 Å². The molecule has 0 aliphatic rings. The lowest BCUT2D eigenvalue weighted by Gasteiger charge is -2.09. The molecule has 0 bridgehead atoms. The first kappa shape index (κ1) is 33.3. The van der Waals surface area contributed by atoms with Gasteiger partial charge in [0.25, 0.3) is 11.1 Å². The predicted molar refractivity (Wildman–Crippen MR) is 191 cm³/mol. The van der Waals surface area contributed by atoms with Crippen molar-refractivity contribution in [3.63, 3.8) is 0 Å². The molecule has 0 saturated carbocycles. The van der Waals surface area contributed by atoms with Crippen LogP contribution in [0.4, 0.5) is 23.3 Å². The van der Waals surface area contributed by atoms with E-state index >= 15 is 0 Å². The Morgan fingerprint density at radius 2 is 1.11 bits per heavy atom. The molecule has 6 rings (SSSR count). The number of anilines is 4. The van der Waals surface area contributed by atoms with Gasteiger partial charge in [-0.15, -0.1) is 0 Å². The fourth-order valence-electron chi connectivity index (χ4n) is 4.22. The summed E-state index contributed by atoms with van der Waals surface area (Å²) in [5, 5.41) is 7.39. The molecule has 0 fully saturated rings. The van der Waals surface area contributed by atoms with Gasteiger partial charge in [0.15, 0.2) is 0 Å². The Hall–Kier alpha value is -5.10. The standard InChI is InChI=1S/C17H13BrClN3O2.C17H14ClN3O2/c1-24-13-8-2-10(3-9-13)15-14(18)16(23)22-17(21-15)20-12-6-4-11(19)5-7-12;1-23-14-8-2-11(3-9-14)15-10-16(22)21-17(20-15)19-13-6-4-12(18)5-7-13/h2-9H,1H3,(H2,20,21,22,23);2-10H,1H3,(H2,19,20,21,22). The van der Waals surface area contributed by atoms with Crippen molar-refractivity contribution < 1.29 is 9.47 Å². The molecule has 0 saturated heterocycles. The molecule has 13 heteroatoms. The maximum atomic E-state index is 12.2. The minimum absolute atomic E-state index is 0.234. The van der Waals surface area contributed by atoms with Crippen molar-refractivity contribution >= 4 is 62.4 Å². The number of rotatable bonds is 8. The van der Waals surface area contributed by atoms with Gasteiger partial charge in [-0.05, 0) is 113 Å². The van der Waals surface area contributed by atoms with Crippen molar-refractivity contribution in [2.45, 2.75) is 0 Å². The second kappa shape index (κ2) is 15.5. The lowest BCUT2D eigenvalue weighted by Crippen LogP contribution is -2.13. The highest BCUT2D eigenvalue weighted by molar-refractivity contribution is 9.10. The predicted octanol–water partition coefficient (Wildman–Crippen LogP) is 8.45. The van der Waals surface area contributed by atoms with Crippen LogP contribution in [-0.2, 0) is 0 Å². The first-order valence-electron chi connectivity index (χ1n) is 14.0. The van der Waals surface area contributed by atoms with Crippen molar-refractivity contribution in [2.24, 2.45) is 0 Å². The van der Waals surface area contributed by atoms with E-state index in [1.54, 1.807) is 50.6 Å². The summed E-state index contributed by atoms with van der Waals surface area (Å²) in [6, 6.07) is 30.4. The molecule has 0 aliphatic carbocycles. The Bertz CT molecular complexity index is 2070. The van der Waals surface area contributed by atoms with Crippen LogP contribution in [0.25, 0.3) is 22.5 Å². The summed E-state index contributed by atoms with van der Waals surface area (Å²) in [5.74, 6) is 2.19. The fraction of sp³-hybridized carbons (Fsp3) is 0.0588. The van der Waals surface area contributed by atoms with E-state index < -0.39 is 0 Å². The number of nitrogens with one attached hydrogen (secondary N) is 4. The van der Waals surface area contributed by atoms with Crippen molar-refractivity contribution in [3.8, 4) is 34.0 Å². The van der Waals surface area contributed by atoms with E-state index in [0.29, 0.717) is 37.8 Å². The SMILES string of the molecule is COc1ccc(-c2cc(=O)[nH]c(Nc3ccc(Cl)cc3)n2)cc1.COc1ccc(-c2nc(Nc3ccc(Cl)cc3)[nH]c(=O)c2Br)cc1. The van der Waals surface area contributed by atoms with Gasteiger partial charge in [-0.3, -0.25) is 19.6 Å². The molecule has 10 nitrogen and oxygen atoms in total. The zero-order chi connectivity index (χ0) is 33.3. The van der Waals surface area contributed by atoms with Gasteiger partial charge in [-0.2, -0.15) is 0 Å². The normalized spacial score (nSPS) is 10.4. The Kier molecular flexibility index (Phi) is 10.9. The molecule has 0 unspecified atom stereocenters. The van der Waals surface area contributed by atoms with Gasteiger partial charge in [0.1, 0.15) is 16.0 Å². The highest BCUT2D eigenvalue weighted by atomic mass is 79.9. The van der Waals surface area contributed by atoms with Gasteiger partial charge in [-0.25, -0.2) is 9.97 Å². The smallest absolute Gasteiger partial charge is 0.267 e. The molecule has 0 aliphatic heterocycles. The highest BCUT2D eigenvalue weighted by Gasteiger charge is 2.12. The van der Waals surface area contributed by atoms with Crippen LogP contribution < -0.4 is 31.2 Å². The first-order valence-corrected chi connectivity index (χ1v) is 15.5. The van der Waals surface area contributed by atoms with Gasteiger partial charge in [0.05, 0.1) is 25.6 Å². The number of aromatic nitrogens is 4. The molecule has 0 amide bonds. The zero-order valence-corrected chi connectivity index (χ0v) is 28.1. The molecule has 2 aromatic heterocycles. The second-order valence-corrected chi connectivity index (χ2v) is 11.4. The van der Waals surface area contributed by atoms with Gasteiger partial charge in [0.2, 0.25) is 11.9 Å². The molecule has 4 aromatic carbocycles. The summed E-state index contributed by atoms with van der Waals surface area (Å²) in [4.78, 5) is 38.3. The second-order valence-electron chi connectivity index (χ2n) is 9.78. The molecular weight excluding hydrogens is 707 g/mol. The number of ether oxygens (including phenoxy) is 2.